The maximum Gasteiger partial charge on any atom is 0.245 e. The van der Waals surface area contributed by atoms with Crippen LogP contribution in [0.5, 0.6) is 0 Å². The molecule has 0 aromatic carbocycles. The zero-order valence-corrected chi connectivity index (χ0v) is 12.0. The first-order chi connectivity index (χ1) is 9.74. The second-order valence-corrected chi connectivity index (χ2v) is 6.46. The number of hydrogen-bond acceptors (Lipinski definition) is 4. The molecule has 108 valence electrons. The van der Waals surface area contributed by atoms with Gasteiger partial charge in [0, 0.05) is 25.3 Å². The quantitative estimate of drug-likeness (QED) is 0.899. The molecule has 1 aromatic rings. The van der Waals surface area contributed by atoms with Gasteiger partial charge in [0.1, 0.15) is 11.8 Å². The highest BCUT2D eigenvalue weighted by Gasteiger charge is 2.32. The Morgan fingerprint density at radius 2 is 2.30 bits per heavy atom. The summed E-state index contributed by atoms with van der Waals surface area (Å²) in [4.78, 5) is 25.5. The van der Waals surface area contributed by atoms with Crippen LogP contribution in [0.2, 0.25) is 0 Å². The fourth-order valence-corrected chi connectivity index (χ4v) is 3.89. The Kier molecular flexibility index (Phi) is 4.00. The molecule has 20 heavy (non-hydrogen) atoms. The van der Waals surface area contributed by atoms with Crippen molar-refractivity contribution in [3.63, 3.8) is 0 Å². The molecule has 0 spiro atoms. The molecule has 6 heteroatoms. The number of amides is 2. The molecule has 2 aliphatic heterocycles. The van der Waals surface area contributed by atoms with Crippen molar-refractivity contribution in [3.05, 3.63) is 24.2 Å². The van der Waals surface area contributed by atoms with Crippen molar-refractivity contribution in [2.24, 2.45) is 0 Å². The first-order valence-corrected chi connectivity index (χ1v) is 8.02. The summed E-state index contributed by atoms with van der Waals surface area (Å²) in [7, 11) is 0. The van der Waals surface area contributed by atoms with Crippen molar-refractivity contribution in [1.29, 1.82) is 0 Å². The second-order valence-electron chi connectivity index (χ2n) is 5.15. The van der Waals surface area contributed by atoms with E-state index in [0.717, 1.165) is 31.0 Å². The lowest BCUT2D eigenvalue weighted by molar-refractivity contribution is -0.134. The van der Waals surface area contributed by atoms with Crippen LogP contribution in [0.15, 0.2) is 22.8 Å². The van der Waals surface area contributed by atoms with E-state index >= 15 is 0 Å². The minimum Gasteiger partial charge on any atom is -0.468 e. The van der Waals surface area contributed by atoms with Crippen LogP contribution in [0.3, 0.4) is 0 Å². The van der Waals surface area contributed by atoms with Crippen LogP contribution < -0.4 is 5.32 Å². The number of thioether (sulfide) groups is 1. The molecule has 2 amide bonds. The van der Waals surface area contributed by atoms with E-state index in [1.165, 1.54) is 0 Å². The average molecular weight is 294 g/mol. The van der Waals surface area contributed by atoms with E-state index in [1.807, 2.05) is 28.8 Å². The fraction of sp³-hybridized carbons (Fsp3) is 0.571. The molecule has 3 rings (SSSR count). The Hall–Kier alpha value is -1.43. The fourth-order valence-electron chi connectivity index (χ4n) is 2.71. The third-order valence-electron chi connectivity index (χ3n) is 3.81. The van der Waals surface area contributed by atoms with Crippen molar-refractivity contribution in [3.8, 4) is 0 Å². The topological polar surface area (TPSA) is 62.6 Å². The summed E-state index contributed by atoms with van der Waals surface area (Å²) in [5.41, 5.74) is 0. The average Bonchev–Trinajstić information content (AvgIpc) is 3.05. The van der Waals surface area contributed by atoms with Crippen LogP contribution in [0.25, 0.3) is 0 Å². The molecule has 0 aliphatic carbocycles. The van der Waals surface area contributed by atoms with Crippen molar-refractivity contribution in [1.82, 2.24) is 10.2 Å². The summed E-state index contributed by atoms with van der Waals surface area (Å²) < 4.78 is 5.46. The van der Waals surface area contributed by atoms with E-state index in [1.54, 1.807) is 6.26 Å². The number of rotatable bonds is 2. The van der Waals surface area contributed by atoms with Gasteiger partial charge in [-0.15, -0.1) is 11.8 Å². The Bertz CT molecular complexity index is 489. The second kappa shape index (κ2) is 5.91. The van der Waals surface area contributed by atoms with Gasteiger partial charge < -0.3 is 14.6 Å². The lowest BCUT2D eigenvalue weighted by Gasteiger charge is -2.23. The Labute approximate surface area is 122 Å². The van der Waals surface area contributed by atoms with Crippen LogP contribution >= 0.6 is 11.8 Å². The largest absolute Gasteiger partial charge is 0.468 e. The van der Waals surface area contributed by atoms with Gasteiger partial charge in [-0.1, -0.05) is 0 Å². The zero-order valence-electron chi connectivity index (χ0n) is 11.2. The van der Waals surface area contributed by atoms with Crippen molar-refractivity contribution >= 4 is 23.6 Å². The summed E-state index contributed by atoms with van der Waals surface area (Å²) in [5, 5.41) is 3.07. The SMILES string of the molecule is O=C1CCC(C(=O)N2CCSC(c3ccco3)CC2)N1. The molecule has 5 nitrogen and oxygen atoms in total. The number of nitrogens with zero attached hydrogens (tertiary/aromatic N) is 1. The summed E-state index contributed by atoms with van der Waals surface area (Å²) in [6, 6.07) is 3.58. The van der Waals surface area contributed by atoms with E-state index < -0.39 is 0 Å². The number of hydrogen-bond donors (Lipinski definition) is 1. The highest BCUT2D eigenvalue weighted by Crippen LogP contribution is 2.34. The van der Waals surface area contributed by atoms with Crippen molar-refractivity contribution in [2.45, 2.75) is 30.6 Å². The van der Waals surface area contributed by atoms with Gasteiger partial charge in [-0.05, 0) is 25.0 Å². The zero-order chi connectivity index (χ0) is 13.9. The highest BCUT2D eigenvalue weighted by atomic mass is 32.2. The Morgan fingerprint density at radius 3 is 3.00 bits per heavy atom. The molecular formula is C14H18N2O3S. The Morgan fingerprint density at radius 1 is 1.40 bits per heavy atom. The highest BCUT2D eigenvalue weighted by molar-refractivity contribution is 7.99. The van der Waals surface area contributed by atoms with Gasteiger partial charge in [-0.25, -0.2) is 0 Å². The molecule has 2 fully saturated rings. The van der Waals surface area contributed by atoms with Gasteiger partial charge in [-0.2, -0.15) is 0 Å². The molecule has 2 unspecified atom stereocenters. The summed E-state index contributed by atoms with van der Waals surface area (Å²) in [6.45, 7) is 1.47. The van der Waals surface area contributed by atoms with E-state index in [-0.39, 0.29) is 17.9 Å². The van der Waals surface area contributed by atoms with Gasteiger partial charge in [-0.3, -0.25) is 9.59 Å². The standard InChI is InChI=1S/C14H18N2O3S/c17-13-4-3-10(15-13)14(18)16-6-5-12(20-9-7-16)11-2-1-8-19-11/h1-2,8,10,12H,3-7,9H2,(H,15,17). The lowest BCUT2D eigenvalue weighted by atomic mass is 10.2. The third-order valence-corrected chi connectivity index (χ3v) is 5.10. The van der Waals surface area contributed by atoms with Crippen molar-refractivity contribution < 1.29 is 14.0 Å². The van der Waals surface area contributed by atoms with E-state index in [2.05, 4.69) is 5.32 Å². The molecule has 0 saturated carbocycles. The molecule has 1 aromatic heterocycles. The van der Waals surface area contributed by atoms with Gasteiger partial charge in [0.05, 0.1) is 11.5 Å². The minimum absolute atomic E-state index is 0.0130. The van der Waals surface area contributed by atoms with Crippen LogP contribution in [0.4, 0.5) is 0 Å². The maximum absolute atomic E-state index is 12.4. The van der Waals surface area contributed by atoms with Gasteiger partial charge in [0.2, 0.25) is 11.8 Å². The predicted molar refractivity (Wildman–Crippen MR) is 76.3 cm³/mol. The lowest BCUT2D eigenvalue weighted by Crippen LogP contribution is -2.45. The first kappa shape index (κ1) is 13.5. The molecule has 0 radical (unpaired) electrons. The summed E-state index contributed by atoms with van der Waals surface area (Å²) >= 11 is 1.83. The minimum atomic E-state index is -0.312. The maximum atomic E-state index is 12.4. The van der Waals surface area contributed by atoms with Crippen LogP contribution in [0.1, 0.15) is 30.3 Å². The summed E-state index contributed by atoms with van der Waals surface area (Å²) in [5.74, 6) is 1.94. The van der Waals surface area contributed by atoms with Crippen LogP contribution in [-0.4, -0.2) is 41.6 Å². The van der Waals surface area contributed by atoms with Crippen LogP contribution in [0, 0.1) is 0 Å². The molecule has 0 bridgehead atoms. The number of nitrogens with one attached hydrogen (secondary N) is 1. The van der Waals surface area contributed by atoms with Gasteiger partial charge in [0.15, 0.2) is 0 Å². The molecule has 1 N–H and O–H groups in total. The normalized spacial score (nSPS) is 27.2. The van der Waals surface area contributed by atoms with Crippen LogP contribution in [-0.2, 0) is 9.59 Å². The van der Waals surface area contributed by atoms with Gasteiger partial charge >= 0.3 is 0 Å². The van der Waals surface area contributed by atoms with E-state index in [9.17, 15) is 9.59 Å². The van der Waals surface area contributed by atoms with Gasteiger partial charge in [0.25, 0.3) is 0 Å². The number of carbonyl (C=O) groups excluding carboxylic acids is 2. The smallest absolute Gasteiger partial charge is 0.245 e. The number of furan rings is 1. The summed E-state index contributed by atoms with van der Waals surface area (Å²) in [6.07, 6.45) is 3.68. The monoisotopic (exact) mass is 294 g/mol. The molecule has 3 heterocycles. The van der Waals surface area contributed by atoms with E-state index in [4.69, 9.17) is 4.42 Å². The number of carbonyl (C=O) groups is 2. The first-order valence-electron chi connectivity index (χ1n) is 6.97. The molecule has 2 atom stereocenters. The molecule has 2 aliphatic rings. The van der Waals surface area contributed by atoms with E-state index in [0.29, 0.717) is 18.1 Å². The Balaban J connectivity index is 1.59. The van der Waals surface area contributed by atoms with Crippen molar-refractivity contribution in [2.75, 3.05) is 18.8 Å². The third kappa shape index (κ3) is 2.85. The molecular weight excluding hydrogens is 276 g/mol. The predicted octanol–water partition coefficient (Wildman–Crippen LogP) is 1.56. The molecule has 2 saturated heterocycles.